The van der Waals surface area contributed by atoms with Crippen molar-refractivity contribution in [3.63, 3.8) is 0 Å². The van der Waals surface area contributed by atoms with Crippen LogP contribution in [-0.4, -0.2) is 22.1 Å². The van der Waals surface area contributed by atoms with E-state index >= 15 is 0 Å². The predicted octanol–water partition coefficient (Wildman–Crippen LogP) is 5.05. The lowest BCUT2D eigenvalue weighted by atomic mass is 10.1. The smallest absolute Gasteiger partial charge is 0.232 e. The maximum Gasteiger partial charge on any atom is 0.232 e. The number of nitrogens with zero attached hydrogens (tertiary/aromatic N) is 3. The molecule has 1 aromatic heterocycles. The molecule has 26 heavy (non-hydrogen) atoms. The maximum absolute atomic E-state index is 4.92. The van der Waals surface area contributed by atoms with E-state index in [1.165, 1.54) is 11.3 Å². The number of para-hydroxylation sites is 1. The second-order valence-electron chi connectivity index (χ2n) is 7.16. The fourth-order valence-electron chi connectivity index (χ4n) is 3.54. The van der Waals surface area contributed by atoms with Gasteiger partial charge in [-0.3, -0.25) is 0 Å². The first kappa shape index (κ1) is 16.6. The Hall–Kier alpha value is -2.88. The van der Waals surface area contributed by atoms with Gasteiger partial charge in [-0.1, -0.05) is 48.5 Å². The van der Waals surface area contributed by atoms with E-state index < -0.39 is 0 Å². The fraction of sp³-hybridized carbons (Fsp3) is 0.273. The lowest BCUT2D eigenvalue weighted by molar-refractivity contribution is 0.739. The zero-order valence-corrected chi connectivity index (χ0v) is 15.5. The summed E-state index contributed by atoms with van der Waals surface area (Å²) in [6.45, 7) is 6.48. The summed E-state index contributed by atoms with van der Waals surface area (Å²) < 4.78 is 0. The highest BCUT2D eigenvalue weighted by Gasteiger charge is 2.29. The summed E-state index contributed by atoms with van der Waals surface area (Å²) in [6.07, 6.45) is 1.02. The van der Waals surface area contributed by atoms with Gasteiger partial charge in [0.25, 0.3) is 0 Å². The lowest BCUT2D eigenvalue weighted by Crippen LogP contribution is -2.26. The van der Waals surface area contributed by atoms with Crippen molar-refractivity contribution in [1.82, 2.24) is 9.97 Å². The monoisotopic (exact) mass is 344 g/mol. The van der Waals surface area contributed by atoms with Crippen LogP contribution in [0.3, 0.4) is 0 Å². The average Bonchev–Trinajstić information content (AvgIpc) is 2.97. The molecule has 3 aromatic rings. The quantitative estimate of drug-likeness (QED) is 0.719. The van der Waals surface area contributed by atoms with Gasteiger partial charge in [-0.05, 0) is 38.8 Å². The van der Waals surface area contributed by atoms with E-state index in [-0.39, 0.29) is 0 Å². The van der Waals surface area contributed by atoms with E-state index in [1.54, 1.807) is 0 Å². The van der Waals surface area contributed by atoms with Gasteiger partial charge in [0.1, 0.15) is 5.82 Å². The van der Waals surface area contributed by atoms with E-state index in [0.717, 1.165) is 29.4 Å². The Kier molecular flexibility index (Phi) is 4.33. The molecular formula is C22H24N4. The van der Waals surface area contributed by atoms with Gasteiger partial charge < -0.3 is 10.2 Å². The van der Waals surface area contributed by atoms with Crippen LogP contribution in [0.2, 0.25) is 0 Å². The number of aromatic nitrogens is 2. The molecule has 1 unspecified atom stereocenters. The number of hydrogen-bond donors (Lipinski definition) is 1. The van der Waals surface area contributed by atoms with Crippen LogP contribution in [0.15, 0.2) is 60.7 Å². The number of fused-ring (bicyclic) bond motifs is 1. The molecule has 2 aromatic carbocycles. The Morgan fingerprint density at radius 2 is 1.73 bits per heavy atom. The van der Waals surface area contributed by atoms with Gasteiger partial charge in [0, 0.05) is 29.4 Å². The Bertz CT molecular complexity index is 905. The molecule has 0 saturated heterocycles. The van der Waals surface area contributed by atoms with Crippen LogP contribution in [-0.2, 0) is 6.42 Å². The first-order valence-electron chi connectivity index (χ1n) is 9.20. The van der Waals surface area contributed by atoms with Gasteiger partial charge >= 0.3 is 0 Å². The summed E-state index contributed by atoms with van der Waals surface area (Å²) >= 11 is 0. The Balaban J connectivity index is 1.83. The zero-order chi connectivity index (χ0) is 18.1. The first-order valence-corrected chi connectivity index (χ1v) is 9.20. The highest BCUT2D eigenvalue weighted by molar-refractivity contribution is 5.71. The molecule has 4 nitrogen and oxygen atoms in total. The van der Waals surface area contributed by atoms with E-state index in [0.29, 0.717) is 12.1 Å². The van der Waals surface area contributed by atoms with Gasteiger partial charge in [-0.25, -0.2) is 4.98 Å². The molecule has 1 N–H and O–H groups in total. The van der Waals surface area contributed by atoms with Gasteiger partial charge in [-0.2, -0.15) is 4.98 Å². The molecule has 132 valence electrons. The van der Waals surface area contributed by atoms with Crippen LogP contribution in [0.1, 0.15) is 26.3 Å². The number of anilines is 3. The van der Waals surface area contributed by atoms with Crippen molar-refractivity contribution in [3.05, 3.63) is 66.2 Å². The SMILES string of the molecule is CC(C)Nc1cc(-c2ccccc2)nc(N2c3ccccc3CC2C)n1. The molecule has 0 spiro atoms. The highest BCUT2D eigenvalue weighted by atomic mass is 15.3. The third kappa shape index (κ3) is 3.15. The number of benzene rings is 2. The Labute approximate surface area is 154 Å². The molecular weight excluding hydrogens is 320 g/mol. The lowest BCUT2D eigenvalue weighted by Gasteiger charge is -2.24. The molecule has 1 aliphatic rings. The maximum atomic E-state index is 4.92. The largest absolute Gasteiger partial charge is 0.368 e. The minimum atomic E-state index is 0.310. The van der Waals surface area contributed by atoms with Crippen molar-refractivity contribution in [2.45, 2.75) is 39.3 Å². The van der Waals surface area contributed by atoms with Crippen LogP contribution >= 0.6 is 0 Å². The molecule has 0 bridgehead atoms. The first-order chi connectivity index (χ1) is 12.6. The van der Waals surface area contributed by atoms with Crippen LogP contribution in [0, 0.1) is 0 Å². The van der Waals surface area contributed by atoms with Crippen LogP contribution in [0.4, 0.5) is 17.5 Å². The number of rotatable bonds is 4. The van der Waals surface area contributed by atoms with E-state index in [1.807, 2.05) is 24.3 Å². The molecule has 0 aliphatic carbocycles. The minimum absolute atomic E-state index is 0.310. The van der Waals surface area contributed by atoms with Crippen molar-refractivity contribution in [2.24, 2.45) is 0 Å². The molecule has 4 rings (SSSR count). The third-order valence-corrected chi connectivity index (χ3v) is 4.64. The second-order valence-corrected chi connectivity index (χ2v) is 7.16. The summed E-state index contributed by atoms with van der Waals surface area (Å²) in [7, 11) is 0. The van der Waals surface area contributed by atoms with Crippen LogP contribution in [0.5, 0.6) is 0 Å². The molecule has 0 fully saturated rings. The molecule has 1 atom stereocenters. The van der Waals surface area contributed by atoms with E-state index in [2.05, 4.69) is 67.4 Å². The molecule has 4 heteroatoms. The van der Waals surface area contributed by atoms with Gasteiger partial charge in [-0.15, -0.1) is 0 Å². The van der Waals surface area contributed by atoms with Crippen molar-refractivity contribution < 1.29 is 0 Å². The normalized spacial score (nSPS) is 16.0. The van der Waals surface area contributed by atoms with Crippen molar-refractivity contribution >= 4 is 17.5 Å². The van der Waals surface area contributed by atoms with Crippen molar-refractivity contribution in [2.75, 3.05) is 10.2 Å². The summed E-state index contributed by atoms with van der Waals surface area (Å²) in [6, 6.07) is 21.5. The molecule has 0 amide bonds. The van der Waals surface area contributed by atoms with Crippen LogP contribution < -0.4 is 10.2 Å². The summed E-state index contributed by atoms with van der Waals surface area (Å²) in [5, 5.41) is 3.44. The molecule has 1 aliphatic heterocycles. The van der Waals surface area contributed by atoms with Gasteiger partial charge in [0.15, 0.2) is 0 Å². The molecule has 0 saturated carbocycles. The molecule has 2 heterocycles. The zero-order valence-electron chi connectivity index (χ0n) is 15.5. The summed E-state index contributed by atoms with van der Waals surface area (Å²) in [5.41, 5.74) is 4.60. The predicted molar refractivity (Wildman–Crippen MR) is 108 cm³/mol. The third-order valence-electron chi connectivity index (χ3n) is 4.64. The van der Waals surface area contributed by atoms with Crippen molar-refractivity contribution in [1.29, 1.82) is 0 Å². The summed E-state index contributed by atoms with van der Waals surface area (Å²) in [4.78, 5) is 12.0. The van der Waals surface area contributed by atoms with Gasteiger partial charge in [0.2, 0.25) is 5.95 Å². The van der Waals surface area contributed by atoms with E-state index in [9.17, 15) is 0 Å². The molecule has 0 radical (unpaired) electrons. The highest BCUT2D eigenvalue weighted by Crippen LogP contribution is 2.37. The average molecular weight is 344 g/mol. The fourth-order valence-corrected chi connectivity index (χ4v) is 3.54. The second kappa shape index (κ2) is 6.79. The van der Waals surface area contributed by atoms with Crippen molar-refractivity contribution in [3.8, 4) is 11.3 Å². The standard InChI is InChI=1S/C22H24N4/c1-15(2)23-21-14-19(17-9-5-4-6-10-17)24-22(25-21)26-16(3)13-18-11-7-8-12-20(18)26/h4-12,14-16H,13H2,1-3H3,(H,23,24,25). The van der Waals surface area contributed by atoms with E-state index in [4.69, 9.17) is 9.97 Å². The Morgan fingerprint density at radius 1 is 1.00 bits per heavy atom. The summed E-state index contributed by atoms with van der Waals surface area (Å²) in [5.74, 6) is 1.62. The van der Waals surface area contributed by atoms with Gasteiger partial charge in [0.05, 0.1) is 5.69 Å². The minimum Gasteiger partial charge on any atom is -0.368 e. The topological polar surface area (TPSA) is 41.1 Å². The number of hydrogen-bond acceptors (Lipinski definition) is 4. The van der Waals surface area contributed by atoms with Crippen LogP contribution in [0.25, 0.3) is 11.3 Å². The number of nitrogens with one attached hydrogen (secondary N) is 1. The Morgan fingerprint density at radius 3 is 2.50 bits per heavy atom.